The monoisotopic (exact) mass is 388 g/mol. The first kappa shape index (κ1) is 18.0. The highest BCUT2D eigenvalue weighted by Crippen LogP contribution is 2.38. The molecule has 7 nitrogen and oxygen atoms in total. The van der Waals surface area contributed by atoms with Crippen LogP contribution in [0.1, 0.15) is 56.3 Å². The van der Waals surface area contributed by atoms with E-state index >= 15 is 0 Å². The van der Waals surface area contributed by atoms with Gasteiger partial charge >= 0.3 is 0 Å². The molecule has 0 radical (unpaired) electrons. The predicted molar refractivity (Wildman–Crippen MR) is 111 cm³/mol. The highest BCUT2D eigenvalue weighted by molar-refractivity contribution is 5.57. The fraction of sp³-hybridized carbons (Fsp3) is 0.409. The summed E-state index contributed by atoms with van der Waals surface area (Å²) in [6.45, 7) is 0. The molecule has 0 saturated heterocycles. The summed E-state index contributed by atoms with van der Waals surface area (Å²) in [6, 6.07) is 9.68. The van der Waals surface area contributed by atoms with E-state index in [1.807, 2.05) is 24.4 Å². The van der Waals surface area contributed by atoms with Crippen LogP contribution >= 0.6 is 0 Å². The Bertz CT molecular complexity index is 1040. The molecule has 5 rings (SSSR count). The molecule has 0 aromatic carbocycles. The van der Waals surface area contributed by atoms with Gasteiger partial charge in [0.15, 0.2) is 0 Å². The van der Waals surface area contributed by atoms with Gasteiger partial charge in [0, 0.05) is 42.2 Å². The molecular weight excluding hydrogens is 364 g/mol. The molecule has 0 atom stereocenters. The van der Waals surface area contributed by atoms with Gasteiger partial charge in [0.25, 0.3) is 5.56 Å². The number of anilines is 1. The molecule has 3 heterocycles. The van der Waals surface area contributed by atoms with E-state index in [0.717, 1.165) is 48.6 Å². The van der Waals surface area contributed by atoms with Crippen molar-refractivity contribution in [2.24, 2.45) is 0 Å². The Morgan fingerprint density at radius 2 is 1.69 bits per heavy atom. The van der Waals surface area contributed by atoms with Gasteiger partial charge < -0.3 is 5.32 Å². The minimum absolute atomic E-state index is 0.0379. The lowest BCUT2D eigenvalue weighted by molar-refractivity contribution is 0.304. The van der Waals surface area contributed by atoms with Gasteiger partial charge in [0.2, 0.25) is 0 Å². The smallest absolute Gasteiger partial charge is 0.267 e. The summed E-state index contributed by atoms with van der Waals surface area (Å²) in [5.41, 5.74) is 1.74. The fourth-order valence-electron chi connectivity index (χ4n) is 4.03. The maximum Gasteiger partial charge on any atom is 0.267 e. The van der Waals surface area contributed by atoms with E-state index in [4.69, 9.17) is 0 Å². The second-order valence-corrected chi connectivity index (χ2v) is 7.96. The first-order valence-corrected chi connectivity index (χ1v) is 10.4. The zero-order valence-electron chi connectivity index (χ0n) is 16.2. The third-order valence-corrected chi connectivity index (χ3v) is 5.81. The van der Waals surface area contributed by atoms with Crippen molar-refractivity contribution in [3.05, 3.63) is 65.1 Å². The predicted octanol–water partition coefficient (Wildman–Crippen LogP) is 3.57. The standard InChI is InChI=1S/C22H24N6O/c29-21-8-7-19(15-9-12-23-13-10-15)27-28(21)18-5-3-17(4-6-18)25-20-11-14-24-22(26-20)16-1-2-16/h7-14,16-18H,1-6H2,(H,24,25,26). The SMILES string of the molecule is O=c1ccc(-c2ccncc2)nn1C1CCC(Nc2ccnc(C3CC3)n2)CC1. The lowest BCUT2D eigenvalue weighted by atomic mass is 9.91. The van der Waals surface area contributed by atoms with Crippen LogP contribution in [0.2, 0.25) is 0 Å². The Kier molecular flexibility index (Phi) is 4.79. The van der Waals surface area contributed by atoms with Gasteiger partial charge in [-0.15, -0.1) is 0 Å². The number of hydrogen-bond donors (Lipinski definition) is 1. The Morgan fingerprint density at radius 1 is 0.897 bits per heavy atom. The van der Waals surface area contributed by atoms with Crippen LogP contribution in [0, 0.1) is 0 Å². The third-order valence-electron chi connectivity index (χ3n) is 5.81. The van der Waals surface area contributed by atoms with Crippen LogP contribution in [0.4, 0.5) is 5.82 Å². The van der Waals surface area contributed by atoms with Gasteiger partial charge in [0.05, 0.1) is 11.7 Å². The van der Waals surface area contributed by atoms with E-state index in [1.165, 1.54) is 12.8 Å². The average Bonchev–Trinajstić information content (AvgIpc) is 3.61. The lowest BCUT2D eigenvalue weighted by Crippen LogP contribution is -2.33. The van der Waals surface area contributed by atoms with Crippen molar-refractivity contribution in [1.82, 2.24) is 24.7 Å². The number of hydrogen-bond acceptors (Lipinski definition) is 6. The number of pyridine rings is 1. The normalized spacial score (nSPS) is 21.7. The van der Waals surface area contributed by atoms with Crippen LogP contribution in [-0.4, -0.2) is 30.8 Å². The first-order valence-electron chi connectivity index (χ1n) is 10.4. The summed E-state index contributed by atoms with van der Waals surface area (Å²) in [7, 11) is 0. The van der Waals surface area contributed by atoms with Gasteiger partial charge in [-0.2, -0.15) is 5.10 Å². The molecule has 7 heteroatoms. The Labute approximate surface area is 169 Å². The van der Waals surface area contributed by atoms with Gasteiger partial charge in [-0.1, -0.05) is 0 Å². The van der Waals surface area contributed by atoms with Gasteiger partial charge in [-0.3, -0.25) is 9.78 Å². The number of rotatable bonds is 5. The van der Waals surface area contributed by atoms with Crippen LogP contribution in [-0.2, 0) is 0 Å². The molecule has 3 aromatic rings. The molecule has 0 aliphatic heterocycles. The van der Waals surface area contributed by atoms with Crippen LogP contribution in [0.5, 0.6) is 0 Å². The zero-order valence-corrected chi connectivity index (χ0v) is 16.2. The Morgan fingerprint density at radius 3 is 2.45 bits per heavy atom. The quantitative estimate of drug-likeness (QED) is 0.719. The van der Waals surface area contributed by atoms with Crippen molar-refractivity contribution in [2.45, 2.75) is 56.5 Å². The summed E-state index contributed by atoms with van der Waals surface area (Å²) in [6.07, 6.45) is 11.6. The summed E-state index contributed by atoms with van der Waals surface area (Å²) < 4.78 is 1.67. The second kappa shape index (κ2) is 7.73. The van der Waals surface area contributed by atoms with Crippen LogP contribution in [0.3, 0.4) is 0 Å². The number of nitrogens with zero attached hydrogens (tertiary/aromatic N) is 5. The third kappa shape index (κ3) is 4.04. The fourth-order valence-corrected chi connectivity index (χ4v) is 4.03. The van der Waals surface area contributed by atoms with Gasteiger partial charge in [-0.05, 0) is 62.8 Å². The van der Waals surface area contributed by atoms with Crippen molar-refractivity contribution < 1.29 is 0 Å². The molecule has 0 spiro atoms. The maximum absolute atomic E-state index is 12.4. The molecule has 2 fully saturated rings. The highest BCUT2D eigenvalue weighted by atomic mass is 16.1. The summed E-state index contributed by atoms with van der Waals surface area (Å²) in [5.74, 6) is 2.44. The van der Waals surface area contributed by atoms with E-state index in [9.17, 15) is 4.79 Å². The molecule has 1 N–H and O–H groups in total. The molecule has 0 bridgehead atoms. The zero-order chi connectivity index (χ0) is 19.6. The number of aromatic nitrogens is 5. The van der Waals surface area contributed by atoms with E-state index in [-0.39, 0.29) is 11.6 Å². The van der Waals surface area contributed by atoms with Gasteiger partial charge in [-0.25, -0.2) is 14.6 Å². The molecule has 3 aromatic heterocycles. The van der Waals surface area contributed by atoms with E-state index in [2.05, 4.69) is 25.4 Å². The highest BCUT2D eigenvalue weighted by Gasteiger charge is 2.27. The van der Waals surface area contributed by atoms with Crippen molar-refractivity contribution in [3.8, 4) is 11.3 Å². The summed E-state index contributed by atoms with van der Waals surface area (Å²) in [4.78, 5) is 25.5. The molecule has 29 heavy (non-hydrogen) atoms. The largest absolute Gasteiger partial charge is 0.367 e. The molecule has 0 unspecified atom stereocenters. The summed E-state index contributed by atoms with van der Waals surface area (Å²) >= 11 is 0. The van der Waals surface area contributed by atoms with E-state index < -0.39 is 0 Å². The first-order chi connectivity index (χ1) is 14.3. The van der Waals surface area contributed by atoms with Crippen LogP contribution in [0.25, 0.3) is 11.3 Å². The molecule has 2 aliphatic carbocycles. The Hall–Kier alpha value is -3.09. The van der Waals surface area contributed by atoms with Crippen molar-refractivity contribution in [1.29, 1.82) is 0 Å². The molecule has 2 saturated carbocycles. The number of nitrogens with one attached hydrogen (secondary N) is 1. The average molecular weight is 388 g/mol. The van der Waals surface area contributed by atoms with Crippen LogP contribution in [0.15, 0.2) is 53.7 Å². The molecule has 2 aliphatic rings. The minimum atomic E-state index is -0.0379. The molecule has 148 valence electrons. The van der Waals surface area contributed by atoms with E-state index in [0.29, 0.717) is 12.0 Å². The summed E-state index contributed by atoms with van der Waals surface area (Å²) in [5, 5.41) is 8.21. The minimum Gasteiger partial charge on any atom is -0.367 e. The maximum atomic E-state index is 12.4. The Balaban J connectivity index is 1.26. The lowest BCUT2D eigenvalue weighted by Gasteiger charge is -2.30. The van der Waals surface area contributed by atoms with Crippen molar-refractivity contribution >= 4 is 5.82 Å². The van der Waals surface area contributed by atoms with Crippen LogP contribution < -0.4 is 10.9 Å². The van der Waals surface area contributed by atoms with E-state index in [1.54, 1.807) is 29.2 Å². The van der Waals surface area contributed by atoms with Crippen molar-refractivity contribution in [3.63, 3.8) is 0 Å². The molecule has 0 amide bonds. The second-order valence-electron chi connectivity index (χ2n) is 7.96. The molecular formula is C22H24N6O. The van der Waals surface area contributed by atoms with Crippen molar-refractivity contribution in [2.75, 3.05) is 5.32 Å². The topological polar surface area (TPSA) is 85.6 Å². The van der Waals surface area contributed by atoms with Gasteiger partial charge in [0.1, 0.15) is 11.6 Å².